The molecule has 16 heavy (non-hydrogen) atoms. The van der Waals surface area contributed by atoms with E-state index in [0.717, 1.165) is 11.3 Å². The minimum absolute atomic E-state index is 0.200. The van der Waals surface area contributed by atoms with Gasteiger partial charge in [0, 0.05) is 6.08 Å². The predicted octanol–water partition coefficient (Wildman–Crippen LogP) is 1.46. The summed E-state index contributed by atoms with van der Waals surface area (Å²) in [5.74, 6) is 2.92. The summed E-state index contributed by atoms with van der Waals surface area (Å²) in [6.07, 6.45) is 8.17. The number of rotatable bonds is 4. The third-order valence-electron chi connectivity index (χ3n) is 1.91. The Morgan fingerprint density at radius 2 is 2.19 bits per heavy atom. The lowest BCUT2D eigenvalue weighted by Crippen LogP contribution is -2.20. The number of ether oxygens (including phenoxy) is 1. The van der Waals surface area contributed by atoms with Crippen LogP contribution in [0, 0.1) is 12.3 Å². The van der Waals surface area contributed by atoms with Crippen LogP contribution in [0.4, 0.5) is 0 Å². The number of nitrogens with one attached hydrogen (secondary N) is 1. The molecule has 1 amide bonds. The molecule has 0 heterocycles. The third kappa shape index (κ3) is 3.89. The Bertz CT molecular complexity index is 413. The molecule has 0 bridgehead atoms. The van der Waals surface area contributed by atoms with Gasteiger partial charge < -0.3 is 10.1 Å². The lowest BCUT2D eigenvalue weighted by atomic mass is 10.2. The van der Waals surface area contributed by atoms with Crippen molar-refractivity contribution >= 4 is 12.0 Å². The smallest absolute Gasteiger partial charge is 0.244 e. The van der Waals surface area contributed by atoms with Crippen LogP contribution >= 0.6 is 0 Å². The van der Waals surface area contributed by atoms with Gasteiger partial charge in [0.1, 0.15) is 5.75 Å². The van der Waals surface area contributed by atoms with Gasteiger partial charge in [0.2, 0.25) is 5.91 Å². The second-order valence-electron chi connectivity index (χ2n) is 3.03. The fraction of sp³-hybridized carbons (Fsp3) is 0.154. The topological polar surface area (TPSA) is 38.3 Å². The molecule has 82 valence electrons. The van der Waals surface area contributed by atoms with Crippen LogP contribution in [0.25, 0.3) is 6.08 Å². The van der Waals surface area contributed by atoms with Gasteiger partial charge in [0.25, 0.3) is 0 Å². The summed E-state index contributed by atoms with van der Waals surface area (Å²) in [6.45, 7) is 0.242. The normalized spacial score (nSPS) is 9.75. The molecule has 0 atom stereocenters. The van der Waals surface area contributed by atoms with Crippen LogP contribution in [0.5, 0.6) is 5.75 Å². The Morgan fingerprint density at radius 3 is 2.75 bits per heavy atom. The molecule has 3 nitrogen and oxygen atoms in total. The number of amides is 1. The summed E-state index contributed by atoms with van der Waals surface area (Å²) < 4.78 is 5.02. The van der Waals surface area contributed by atoms with Gasteiger partial charge in [-0.2, -0.15) is 0 Å². The highest BCUT2D eigenvalue weighted by Crippen LogP contribution is 2.11. The Hall–Kier alpha value is -2.21. The molecular formula is C13H13NO2. The molecule has 0 saturated carbocycles. The van der Waals surface area contributed by atoms with Gasteiger partial charge >= 0.3 is 0 Å². The first-order valence-electron chi connectivity index (χ1n) is 4.79. The van der Waals surface area contributed by atoms with Crippen LogP contribution in [0.15, 0.2) is 30.3 Å². The van der Waals surface area contributed by atoms with Crippen molar-refractivity contribution in [2.75, 3.05) is 13.7 Å². The average molecular weight is 215 g/mol. The number of terminal acetylenes is 1. The van der Waals surface area contributed by atoms with Crippen molar-refractivity contribution < 1.29 is 9.53 Å². The largest absolute Gasteiger partial charge is 0.497 e. The quantitative estimate of drug-likeness (QED) is 0.610. The summed E-state index contributed by atoms with van der Waals surface area (Å²) in [5.41, 5.74) is 0.927. The first kappa shape index (κ1) is 11.9. The molecule has 0 radical (unpaired) electrons. The van der Waals surface area contributed by atoms with Crippen LogP contribution in [-0.4, -0.2) is 19.6 Å². The van der Waals surface area contributed by atoms with E-state index in [1.807, 2.05) is 24.3 Å². The summed E-state index contributed by atoms with van der Waals surface area (Å²) in [5, 5.41) is 2.54. The molecule has 0 aromatic heterocycles. The molecule has 0 saturated heterocycles. The van der Waals surface area contributed by atoms with Crippen LogP contribution in [0.3, 0.4) is 0 Å². The van der Waals surface area contributed by atoms with Crippen LogP contribution < -0.4 is 10.1 Å². The second kappa shape index (κ2) is 6.31. The predicted molar refractivity (Wildman–Crippen MR) is 63.9 cm³/mol. The van der Waals surface area contributed by atoms with Crippen molar-refractivity contribution in [2.24, 2.45) is 0 Å². The summed E-state index contributed by atoms with van der Waals surface area (Å²) in [7, 11) is 1.61. The highest BCUT2D eigenvalue weighted by atomic mass is 16.5. The van der Waals surface area contributed by atoms with Gasteiger partial charge in [-0.1, -0.05) is 18.1 Å². The first-order chi connectivity index (χ1) is 7.76. The highest BCUT2D eigenvalue weighted by Gasteiger charge is 1.93. The molecule has 0 spiro atoms. The van der Waals surface area contributed by atoms with Crippen LogP contribution in [0.1, 0.15) is 5.56 Å². The Kier molecular flexibility index (Phi) is 4.68. The van der Waals surface area contributed by atoms with E-state index < -0.39 is 0 Å². The van der Waals surface area contributed by atoms with Gasteiger partial charge in [0.15, 0.2) is 0 Å². The summed E-state index contributed by atoms with van der Waals surface area (Å²) in [6, 6.07) is 7.39. The molecule has 1 N–H and O–H groups in total. The van der Waals surface area contributed by atoms with E-state index in [1.165, 1.54) is 6.08 Å². The van der Waals surface area contributed by atoms with Gasteiger partial charge in [0.05, 0.1) is 13.7 Å². The van der Waals surface area contributed by atoms with Gasteiger partial charge in [-0.3, -0.25) is 4.79 Å². The van der Waals surface area contributed by atoms with Crippen molar-refractivity contribution in [3.05, 3.63) is 35.9 Å². The molecular weight excluding hydrogens is 202 g/mol. The van der Waals surface area contributed by atoms with E-state index >= 15 is 0 Å². The number of hydrogen-bond donors (Lipinski definition) is 1. The van der Waals surface area contributed by atoms with Crippen LogP contribution in [-0.2, 0) is 4.79 Å². The zero-order valence-electron chi connectivity index (χ0n) is 9.07. The number of benzene rings is 1. The maximum atomic E-state index is 11.2. The van der Waals surface area contributed by atoms with E-state index in [2.05, 4.69) is 11.2 Å². The van der Waals surface area contributed by atoms with E-state index in [1.54, 1.807) is 13.2 Å². The third-order valence-corrected chi connectivity index (χ3v) is 1.91. The number of carbonyl (C=O) groups excluding carboxylic acids is 1. The monoisotopic (exact) mass is 215 g/mol. The maximum absolute atomic E-state index is 11.2. The molecule has 0 aliphatic heterocycles. The number of hydrogen-bond acceptors (Lipinski definition) is 2. The van der Waals surface area contributed by atoms with E-state index in [0.29, 0.717) is 0 Å². The lowest BCUT2D eigenvalue weighted by Gasteiger charge is -1.99. The molecule has 3 heteroatoms. The Balaban J connectivity index is 2.56. The maximum Gasteiger partial charge on any atom is 0.244 e. The standard InChI is InChI=1S/C13H13NO2/c1-3-10-14-13(15)9-6-11-4-7-12(16-2)8-5-11/h1,4-9H,10H2,2H3,(H,14,15). The second-order valence-corrected chi connectivity index (χ2v) is 3.03. The van der Waals surface area contributed by atoms with Gasteiger partial charge in [-0.05, 0) is 23.8 Å². The number of methoxy groups -OCH3 is 1. The molecule has 1 aromatic carbocycles. The molecule has 0 unspecified atom stereocenters. The van der Waals surface area contributed by atoms with E-state index in [4.69, 9.17) is 11.2 Å². The molecule has 0 fully saturated rings. The van der Waals surface area contributed by atoms with Crippen molar-refractivity contribution in [2.45, 2.75) is 0 Å². The Morgan fingerprint density at radius 1 is 1.50 bits per heavy atom. The van der Waals surface area contributed by atoms with Crippen molar-refractivity contribution in [1.82, 2.24) is 5.32 Å². The molecule has 0 aliphatic carbocycles. The summed E-state index contributed by atoms with van der Waals surface area (Å²) >= 11 is 0. The van der Waals surface area contributed by atoms with Gasteiger partial charge in [-0.25, -0.2) is 0 Å². The molecule has 1 aromatic rings. The minimum atomic E-state index is -0.200. The average Bonchev–Trinajstić information content (AvgIpc) is 2.34. The molecule has 0 aliphatic rings. The van der Waals surface area contributed by atoms with Gasteiger partial charge in [-0.15, -0.1) is 6.42 Å². The van der Waals surface area contributed by atoms with Crippen LogP contribution in [0.2, 0.25) is 0 Å². The van der Waals surface area contributed by atoms with Crippen molar-refractivity contribution in [3.8, 4) is 18.1 Å². The highest BCUT2D eigenvalue weighted by molar-refractivity contribution is 5.91. The van der Waals surface area contributed by atoms with Crippen molar-refractivity contribution in [1.29, 1.82) is 0 Å². The summed E-state index contributed by atoms with van der Waals surface area (Å²) in [4.78, 5) is 11.2. The zero-order chi connectivity index (χ0) is 11.8. The minimum Gasteiger partial charge on any atom is -0.497 e. The Labute approximate surface area is 95.1 Å². The zero-order valence-corrected chi connectivity index (χ0v) is 9.07. The van der Waals surface area contributed by atoms with E-state index in [-0.39, 0.29) is 12.5 Å². The molecule has 1 rings (SSSR count). The first-order valence-corrected chi connectivity index (χ1v) is 4.79. The lowest BCUT2D eigenvalue weighted by molar-refractivity contribution is -0.116. The SMILES string of the molecule is C#CCNC(=O)C=Cc1ccc(OC)cc1. The van der Waals surface area contributed by atoms with Crippen molar-refractivity contribution in [3.63, 3.8) is 0 Å². The van der Waals surface area contributed by atoms with E-state index in [9.17, 15) is 4.79 Å². The fourth-order valence-electron chi connectivity index (χ4n) is 1.08. The number of carbonyl (C=O) groups is 1. The fourth-order valence-corrected chi connectivity index (χ4v) is 1.08.